The van der Waals surface area contributed by atoms with E-state index in [1.165, 1.54) is 9.87 Å². The summed E-state index contributed by atoms with van der Waals surface area (Å²) in [6.07, 6.45) is 3.79. The number of para-hydroxylation sites is 2. The normalized spacial score (nSPS) is 17.2. The molecule has 0 unspecified atom stereocenters. The lowest BCUT2D eigenvalue weighted by Gasteiger charge is -2.34. The van der Waals surface area contributed by atoms with Gasteiger partial charge in [0.2, 0.25) is 15.9 Å². The highest BCUT2D eigenvalue weighted by Crippen LogP contribution is 2.27. The molecule has 2 aromatic carbocycles. The number of amides is 1. The lowest BCUT2D eigenvalue weighted by molar-refractivity contribution is -0.132. The highest BCUT2D eigenvalue weighted by molar-refractivity contribution is 7.89. The van der Waals surface area contributed by atoms with E-state index in [1.807, 2.05) is 36.4 Å². The second kappa shape index (κ2) is 8.09. The topological polar surface area (TPSA) is 83.7 Å². The first-order valence-electron chi connectivity index (χ1n) is 10.7. The number of aromatic nitrogens is 1. The molecule has 0 saturated carbocycles. The second-order valence-electron chi connectivity index (χ2n) is 8.14. The van der Waals surface area contributed by atoms with Gasteiger partial charge in [-0.2, -0.15) is 4.31 Å². The summed E-state index contributed by atoms with van der Waals surface area (Å²) in [5.41, 5.74) is 3.91. The van der Waals surface area contributed by atoms with Crippen LogP contribution in [-0.4, -0.2) is 54.7 Å². The first-order chi connectivity index (χ1) is 15.0. The molecule has 0 bridgehead atoms. The average Bonchev–Trinajstić information content (AvgIpc) is 3.43. The molecule has 0 atom stereocenters. The third-order valence-electron chi connectivity index (χ3n) is 6.19. The Morgan fingerprint density at radius 3 is 2.58 bits per heavy atom. The molecule has 1 aromatic heterocycles. The summed E-state index contributed by atoms with van der Waals surface area (Å²) in [6.45, 7) is 1.43. The Morgan fingerprint density at radius 2 is 1.77 bits per heavy atom. The molecular weight excluding hydrogens is 414 g/mol. The summed E-state index contributed by atoms with van der Waals surface area (Å²) in [4.78, 5) is 19.1. The fourth-order valence-corrected chi connectivity index (χ4v) is 5.91. The van der Waals surface area contributed by atoms with Gasteiger partial charge in [-0.3, -0.25) is 4.79 Å². The van der Waals surface area contributed by atoms with Crippen LogP contribution in [0.4, 0.5) is 0 Å². The number of carbonyl (C=O) groups is 1. The Morgan fingerprint density at radius 1 is 1.00 bits per heavy atom. The number of rotatable bonds is 5. The van der Waals surface area contributed by atoms with Crippen LogP contribution in [-0.2, 0) is 34.1 Å². The third-order valence-corrected chi connectivity index (χ3v) is 8.08. The van der Waals surface area contributed by atoms with E-state index in [1.54, 1.807) is 11.0 Å². The van der Waals surface area contributed by atoms with E-state index in [4.69, 9.17) is 4.42 Å². The fraction of sp³-hybridized carbons (Fsp3) is 0.391. The Labute approximate surface area is 181 Å². The van der Waals surface area contributed by atoms with Gasteiger partial charge in [-0.25, -0.2) is 13.4 Å². The SMILES string of the molecule is O=C(CCc1nc2ccccc2o1)N1CCN(S(=O)(=O)c2ccc3c(c2)CCC3)CC1. The highest BCUT2D eigenvalue weighted by atomic mass is 32.2. The van der Waals surface area contributed by atoms with E-state index in [9.17, 15) is 13.2 Å². The minimum absolute atomic E-state index is 0.00293. The molecule has 3 aromatic rings. The standard InChI is InChI=1S/C23H25N3O4S/c27-23(11-10-22-24-20-6-1-2-7-21(20)30-22)25-12-14-26(15-13-25)31(28,29)19-9-8-17-4-3-5-18(17)16-19/h1-2,6-9,16H,3-5,10-15H2. The average molecular weight is 440 g/mol. The van der Waals surface area contributed by atoms with E-state index < -0.39 is 10.0 Å². The number of nitrogens with zero attached hydrogens (tertiary/aromatic N) is 3. The molecule has 1 saturated heterocycles. The van der Waals surface area contributed by atoms with Crippen molar-refractivity contribution >= 4 is 27.0 Å². The lowest BCUT2D eigenvalue weighted by atomic mass is 10.1. The van der Waals surface area contributed by atoms with E-state index >= 15 is 0 Å². The molecule has 0 spiro atoms. The number of hydrogen-bond acceptors (Lipinski definition) is 5. The number of piperazine rings is 1. The maximum atomic E-state index is 13.1. The van der Waals surface area contributed by atoms with Gasteiger partial charge in [-0.1, -0.05) is 18.2 Å². The number of carbonyl (C=O) groups excluding carboxylic acids is 1. The molecule has 1 amide bonds. The Bertz CT molecular complexity index is 1190. The van der Waals surface area contributed by atoms with Gasteiger partial charge in [0.15, 0.2) is 11.5 Å². The summed E-state index contributed by atoms with van der Waals surface area (Å²) in [6, 6.07) is 13.0. The zero-order valence-corrected chi connectivity index (χ0v) is 18.1. The van der Waals surface area contributed by atoms with Gasteiger partial charge in [0.1, 0.15) is 5.52 Å². The van der Waals surface area contributed by atoms with Gasteiger partial charge in [0, 0.05) is 39.0 Å². The molecule has 1 fully saturated rings. The molecular formula is C23H25N3O4S. The van der Waals surface area contributed by atoms with Gasteiger partial charge < -0.3 is 9.32 Å². The maximum absolute atomic E-state index is 13.1. The van der Waals surface area contributed by atoms with Crippen molar-refractivity contribution in [2.75, 3.05) is 26.2 Å². The van der Waals surface area contributed by atoms with Crippen molar-refractivity contribution in [3.8, 4) is 0 Å². The van der Waals surface area contributed by atoms with Crippen LogP contribution in [0.3, 0.4) is 0 Å². The molecule has 5 rings (SSSR count). The maximum Gasteiger partial charge on any atom is 0.243 e. The predicted molar refractivity (Wildman–Crippen MR) is 116 cm³/mol. The van der Waals surface area contributed by atoms with Crippen LogP contribution in [0.5, 0.6) is 0 Å². The van der Waals surface area contributed by atoms with Crippen molar-refractivity contribution in [3.05, 3.63) is 59.5 Å². The van der Waals surface area contributed by atoms with Crippen molar-refractivity contribution in [1.82, 2.24) is 14.2 Å². The van der Waals surface area contributed by atoms with Crippen LogP contribution in [0.2, 0.25) is 0 Å². The van der Waals surface area contributed by atoms with Crippen molar-refractivity contribution in [2.24, 2.45) is 0 Å². The van der Waals surface area contributed by atoms with Gasteiger partial charge >= 0.3 is 0 Å². The van der Waals surface area contributed by atoms with Crippen LogP contribution >= 0.6 is 0 Å². The van der Waals surface area contributed by atoms with Crippen LogP contribution in [0.15, 0.2) is 51.8 Å². The lowest BCUT2D eigenvalue weighted by Crippen LogP contribution is -2.50. The summed E-state index contributed by atoms with van der Waals surface area (Å²) in [7, 11) is -3.53. The third kappa shape index (κ3) is 3.97. The first-order valence-corrected chi connectivity index (χ1v) is 12.2. The molecule has 0 radical (unpaired) electrons. The van der Waals surface area contributed by atoms with Crippen molar-refractivity contribution in [2.45, 2.75) is 37.0 Å². The quantitative estimate of drug-likeness (QED) is 0.610. The summed E-state index contributed by atoms with van der Waals surface area (Å²) >= 11 is 0. The van der Waals surface area contributed by atoms with Crippen molar-refractivity contribution < 1.29 is 17.6 Å². The molecule has 0 N–H and O–H groups in total. The molecule has 31 heavy (non-hydrogen) atoms. The monoisotopic (exact) mass is 439 g/mol. The number of aryl methyl sites for hydroxylation is 3. The van der Waals surface area contributed by atoms with Crippen molar-refractivity contribution in [3.63, 3.8) is 0 Å². The number of oxazole rings is 1. The molecule has 1 aliphatic heterocycles. The minimum Gasteiger partial charge on any atom is -0.441 e. The largest absolute Gasteiger partial charge is 0.441 e. The zero-order valence-electron chi connectivity index (χ0n) is 17.3. The molecule has 162 valence electrons. The minimum atomic E-state index is -3.53. The Kier molecular flexibility index (Phi) is 5.27. The van der Waals surface area contributed by atoms with Gasteiger partial charge in [0.05, 0.1) is 4.90 Å². The van der Waals surface area contributed by atoms with E-state index in [-0.39, 0.29) is 5.91 Å². The van der Waals surface area contributed by atoms with E-state index in [0.29, 0.717) is 49.8 Å². The summed E-state index contributed by atoms with van der Waals surface area (Å²) in [5, 5.41) is 0. The molecule has 2 heterocycles. The van der Waals surface area contributed by atoms with Gasteiger partial charge in [-0.05, 0) is 54.7 Å². The summed E-state index contributed by atoms with van der Waals surface area (Å²) in [5.74, 6) is 0.546. The van der Waals surface area contributed by atoms with Crippen LogP contribution in [0.1, 0.15) is 29.9 Å². The molecule has 2 aliphatic rings. The Balaban J connectivity index is 1.18. The highest BCUT2D eigenvalue weighted by Gasteiger charge is 2.30. The zero-order chi connectivity index (χ0) is 21.4. The van der Waals surface area contributed by atoms with Crippen LogP contribution in [0.25, 0.3) is 11.1 Å². The van der Waals surface area contributed by atoms with Gasteiger partial charge in [0.25, 0.3) is 0 Å². The fourth-order valence-electron chi connectivity index (χ4n) is 4.43. The van der Waals surface area contributed by atoms with Crippen LogP contribution < -0.4 is 0 Å². The first kappa shape index (κ1) is 20.2. The Hall–Kier alpha value is -2.71. The predicted octanol–water partition coefficient (Wildman–Crippen LogP) is 2.78. The smallest absolute Gasteiger partial charge is 0.243 e. The van der Waals surface area contributed by atoms with Crippen LogP contribution in [0, 0.1) is 0 Å². The number of hydrogen-bond donors (Lipinski definition) is 0. The van der Waals surface area contributed by atoms with E-state index in [2.05, 4.69) is 4.98 Å². The van der Waals surface area contributed by atoms with Crippen molar-refractivity contribution in [1.29, 1.82) is 0 Å². The summed E-state index contributed by atoms with van der Waals surface area (Å²) < 4.78 is 33.3. The number of benzene rings is 2. The molecule has 7 nitrogen and oxygen atoms in total. The number of fused-ring (bicyclic) bond motifs is 2. The second-order valence-corrected chi connectivity index (χ2v) is 10.1. The molecule has 8 heteroatoms. The van der Waals surface area contributed by atoms with E-state index in [0.717, 1.165) is 35.9 Å². The number of sulfonamides is 1. The molecule has 1 aliphatic carbocycles. The van der Waals surface area contributed by atoms with Gasteiger partial charge in [-0.15, -0.1) is 0 Å².